The Hall–Kier alpha value is 8.57. The predicted molar refractivity (Wildman–Crippen MR) is 304 cm³/mol. The zero-order valence-corrected chi connectivity index (χ0v) is 79.5. The van der Waals surface area contributed by atoms with E-state index in [1.54, 1.807) is 0 Å². The van der Waals surface area contributed by atoms with Gasteiger partial charge < -0.3 is 44.6 Å². The second-order valence-corrected chi connectivity index (χ2v) is 13.7. The Morgan fingerprint density at radius 3 is 0.480 bits per heavy atom. The van der Waals surface area contributed by atoms with Gasteiger partial charge in [0.15, 0.2) is 0 Å². The van der Waals surface area contributed by atoms with Crippen molar-refractivity contribution in [1.29, 1.82) is 0 Å². The molecule has 0 heterocycles. The molecule has 0 spiro atoms. The van der Waals surface area contributed by atoms with E-state index in [4.69, 9.17) is 0 Å². The zero-order valence-electron chi connectivity index (χ0n) is 45.4. The molecule has 12 heteroatoms. The fourth-order valence-electron chi connectivity index (χ4n) is 7.69. The SMILES string of the molecule is C.C.C.C.C.C.CC.CCC.CCC.CCC.[CH3-].[CH3-].[CH3-].[CH3-].[CH3-].[CH3-].[Y].[Y].[Y].[Y].[Y].[Y].[Y].[Y].[Y].[Y].[Y].[Y].c1ccc2c(c1)Cc1ccc3c(c1-2)-c1ccccc1C3.c1ccc2c(c1)Cc1ccc3c(c1-2)-c1ccccc1C3. The van der Waals surface area contributed by atoms with Gasteiger partial charge in [-0.25, -0.2) is 0 Å². The quantitative estimate of drug-likeness (QED) is 0.133. The molecule has 12 radical (unpaired) electrons. The molecule has 0 nitrogen and oxygen atoms in total. The molecule has 10 rings (SSSR count). The van der Waals surface area contributed by atoms with Crippen LogP contribution in [0.1, 0.15) is 164 Å². The van der Waals surface area contributed by atoms with Gasteiger partial charge in [-0.3, -0.25) is 0 Å². The maximum Gasteiger partial charge on any atom is 0 e. The van der Waals surface area contributed by atoms with Crippen molar-refractivity contribution < 1.29 is 393 Å². The van der Waals surface area contributed by atoms with Crippen LogP contribution in [0.5, 0.6) is 0 Å². The van der Waals surface area contributed by atoms with Crippen molar-refractivity contribution in [3.8, 4) is 44.5 Å². The van der Waals surface area contributed by atoms with E-state index in [1.165, 1.54) is 108 Å². The first-order chi connectivity index (χ1) is 25.1. The molecule has 0 saturated heterocycles. The van der Waals surface area contributed by atoms with Gasteiger partial charge in [0.05, 0.1) is 0 Å². The van der Waals surface area contributed by atoms with Gasteiger partial charge in [0.25, 0.3) is 0 Å². The average molecular weight is 1920 g/mol. The first-order valence-electron chi connectivity index (χ1n) is 19.7. The second-order valence-electron chi connectivity index (χ2n) is 13.7. The summed E-state index contributed by atoms with van der Waals surface area (Å²) >= 11 is 0. The molecule has 0 saturated carbocycles. The minimum Gasteiger partial charge on any atom is -0.358 e. The normalized spacial score (nSPS) is 8.05. The molecule has 6 aromatic carbocycles. The Morgan fingerprint density at radius 1 is 0.227 bits per heavy atom. The van der Waals surface area contributed by atoms with Crippen LogP contribution in [-0.4, -0.2) is 0 Å². The maximum absolute atomic E-state index is 2.33. The van der Waals surface area contributed by atoms with Crippen molar-refractivity contribution in [3.05, 3.63) is 210 Å². The Labute approximate surface area is 774 Å². The molecule has 4 aliphatic rings. The minimum atomic E-state index is 0. The summed E-state index contributed by atoms with van der Waals surface area (Å²) in [5.41, 5.74) is 23.6. The van der Waals surface area contributed by atoms with Crippen LogP contribution in [0.4, 0.5) is 0 Å². The van der Waals surface area contributed by atoms with Gasteiger partial charge in [-0.05, 0) is 115 Å². The molecule has 6 aromatic rings. The van der Waals surface area contributed by atoms with Crippen LogP contribution < -0.4 is 0 Å². The summed E-state index contributed by atoms with van der Waals surface area (Å²) < 4.78 is 0. The smallest absolute Gasteiger partial charge is 0 e. The van der Waals surface area contributed by atoms with E-state index in [1.807, 2.05) is 13.8 Å². The molecule has 0 unspecified atom stereocenters. The van der Waals surface area contributed by atoms with Gasteiger partial charge in [-0.15, -0.1) is 0 Å². The molecule has 75 heavy (non-hydrogen) atoms. The van der Waals surface area contributed by atoms with E-state index in [0.717, 1.165) is 25.7 Å². The predicted octanol–water partition coefficient (Wildman–Crippen LogP) is 21.4. The summed E-state index contributed by atoms with van der Waals surface area (Å²) in [6.07, 6.45) is 8.09. The largest absolute Gasteiger partial charge is 0.358 e. The molecule has 394 valence electrons. The van der Waals surface area contributed by atoms with Gasteiger partial charge in [0, 0.05) is 393 Å². The Morgan fingerprint density at radius 2 is 0.347 bits per heavy atom. The Balaban J connectivity index is -0.0000000296. The summed E-state index contributed by atoms with van der Waals surface area (Å²) in [5.74, 6) is 0. The van der Waals surface area contributed by atoms with Gasteiger partial charge in [0.1, 0.15) is 0 Å². The topological polar surface area (TPSA) is 0 Å². The monoisotopic (exact) mass is 1920 g/mol. The van der Waals surface area contributed by atoms with Crippen LogP contribution in [0, 0.1) is 44.6 Å². The van der Waals surface area contributed by atoms with Gasteiger partial charge in [0.2, 0.25) is 0 Å². The molecular weight excluding hydrogens is 1820 g/mol. The standard InChI is InChI=1S/2C20H14.3C3H8.C2H6.6CH4.6CH3.12Y/c2*1-3-7-17-13(5-1)11-15-9-10-16-12-14-6-2-4-8-18(14)20(16)19(15)17;3*1-3-2;1-2;;;;;;;;;;;;;;;;;;;;;;;;/h2*1-10H,11-12H2;3*3H2,1-2H3;1-2H3;6*1H4;6*1H3;;;;;;;;;;;;/q;;;;;;;;;;;;6*-1;;;;;;;;;;;;. The number of hydrogen-bond donors (Lipinski definition) is 0. The van der Waals surface area contributed by atoms with E-state index >= 15 is 0 Å². The molecule has 0 bridgehead atoms. The molecule has 0 amide bonds. The van der Waals surface area contributed by atoms with E-state index in [2.05, 4.69) is 163 Å². The summed E-state index contributed by atoms with van der Waals surface area (Å²) in [4.78, 5) is 0. The van der Waals surface area contributed by atoms with E-state index in [-0.39, 0.29) is 482 Å². The molecule has 4 aliphatic carbocycles. The molecule has 0 atom stereocenters. The number of fused-ring (bicyclic) bond motifs is 14. The number of benzene rings is 6. The summed E-state index contributed by atoms with van der Waals surface area (Å²) in [7, 11) is 0. The number of rotatable bonds is 0. The van der Waals surface area contributed by atoms with Crippen LogP contribution in [0.25, 0.3) is 44.5 Å². The zero-order chi connectivity index (χ0) is 36.3. The second kappa shape index (κ2) is 78.7. The van der Waals surface area contributed by atoms with E-state index in [0.29, 0.717) is 0 Å². The summed E-state index contributed by atoms with van der Waals surface area (Å²) in [6.45, 7) is 16.8. The Bertz CT molecular complexity index is 1810. The van der Waals surface area contributed by atoms with Gasteiger partial charge in [-0.2, -0.15) is 0 Å². The van der Waals surface area contributed by atoms with Crippen LogP contribution in [0.3, 0.4) is 0 Å². The van der Waals surface area contributed by atoms with Crippen LogP contribution in [0.2, 0.25) is 0 Å². The molecule has 0 aromatic heterocycles. The third kappa shape index (κ3) is 38.1. The van der Waals surface area contributed by atoms with Crippen molar-refractivity contribution in [1.82, 2.24) is 0 Å². The van der Waals surface area contributed by atoms with E-state index < -0.39 is 0 Å². The Kier molecular flexibility index (Phi) is 148. The van der Waals surface area contributed by atoms with E-state index in [9.17, 15) is 0 Å². The summed E-state index contributed by atoms with van der Waals surface area (Å²) in [6, 6.07) is 44.8. The van der Waals surface area contributed by atoms with Crippen LogP contribution in [-0.2, 0) is 418 Å². The van der Waals surface area contributed by atoms with Crippen molar-refractivity contribution in [2.75, 3.05) is 0 Å². The minimum absolute atomic E-state index is 0. The maximum atomic E-state index is 2.33. The van der Waals surface area contributed by atoms with Gasteiger partial charge >= 0.3 is 0 Å². The third-order valence-corrected chi connectivity index (χ3v) is 9.43. The molecular formula is C63H100Y12-6. The van der Waals surface area contributed by atoms with Crippen molar-refractivity contribution in [2.45, 2.75) is 145 Å². The average Bonchev–Trinajstić information content (AvgIpc) is 3.93. The van der Waals surface area contributed by atoms with Crippen molar-refractivity contribution >= 4 is 0 Å². The first-order valence-corrected chi connectivity index (χ1v) is 19.7. The van der Waals surface area contributed by atoms with Gasteiger partial charge in [-0.1, -0.05) is 241 Å². The molecule has 0 fully saturated rings. The fourth-order valence-corrected chi connectivity index (χ4v) is 7.69. The van der Waals surface area contributed by atoms with Crippen molar-refractivity contribution in [3.63, 3.8) is 0 Å². The summed E-state index contributed by atoms with van der Waals surface area (Å²) in [5, 5.41) is 0. The van der Waals surface area contributed by atoms with Crippen molar-refractivity contribution in [2.24, 2.45) is 0 Å². The first kappa shape index (κ1) is 141. The van der Waals surface area contributed by atoms with Crippen LogP contribution in [0.15, 0.2) is 121 Å². The van der Waals surface area contributed by atoms with Crippen LogP contribution >= 0.6 is 0 Å². The fraction of sp³-hybridized carbons (Fsp3) is 0.333. The molecule has 0 aliphatic heterocycles. The molecule has 0 N–H and O–H groups in total. The third-order valence-electron chi connectivity index (χ3n) is 9.43. The number of hydrogen-bond acceptors (Lipinski definition) is 0.